The largest absolute Gasteiger partial charge is 0.489 e. The summed E-state index contributed by atoms with van der Waals surface area (Å²) < 4.78 is 11.1. The number of carboxylic acid groups (broad SMARTS) is 1. The highest BCUT2D eigenvalue weighted by atomic mass is 16.5. The van der Waals surface area contributed by atoms with Crippen LogP contribution in [0.4, 0.5) is 0 Å². The van der Waals surface area contributed by atoms with Crippen molar-refractivity contribution in [2.45, 2.75) is 37.3 Å². The van der Waals surface area contributed by atoms with E-state index >= 15 is 0 Å². The monoisotopic (exact) mass is 395 g/mol. The van der Waals surface area contributed by atoms with E-state index < -0.39 is 11.5 Å². The van der Waals surface area contributed by atoms with E-state index in [4.69, 9.17) is 9.47 Å². The van der Waals surface area contributed by atoms with Crippen molar-refractivity contribution in [3.05, 3.63) is 65.7 Å². The summed E-state index contributed by atoms with van der Waals surface area (Å²) in [6.07, 6.45) is 1.35. The number of hydrogen-bond acceptors (Lipinski definition) is 4. The minimum atomic E-state index is -1.20. The van der Waals surface area contributed by atoms with Crippen molar-refractivity contribution >= 4 is 11.9 Å². The van der Waals surface area contributed by atoms with Gasteiger partial charge in [0.25, 0.3) is 0 Å². The Morgan fingerprint density at radius 1 is 1.07 bits per heavy atom. The first-order valence-electron chi connectivity index (χ1n) is 9.97. The SMILES string of the molecule is O=C(NC1(C(=O)O)CCOCC1)C1CC1c1ccc(OCc2ccccc2)cc1. The maximum Gasteiger partial charge on any atom is 0.329 e. The van der Waals surface area contributed by atoms with Gasteiger partial charge in [-0.05, 0) is 35.6 Å². The van der Waals surface area contributed by atoms with Gasteiger partial charge in [-0.15, -0.1) is 0 Å². The van der Waals surface area contributed by atoms with Gasteiger partial charge in [0.15, 0.2) is 0 Å². The normalized spacial score (nSPS) is 22.5. The number of carbonyl (C=O) groups excluding carboxylic acids is 1. The van der Waals surface area contributed by atoms with Crippen LogP contribution >= 0.6 is 0 Å². The molecule has 29 heavy (non-hydrogen) atoms. The molecule has 0 aromatic heterocycles. The smallest absolute Gasteiger partial charge is 0.329 e. The molecule has 1 amide bonds. The zero-order valence-electron chi connectivity index (χ0n) is 16.2. The summed E-state index contributed by atoms with van der Waals surface area (Å²) >= 11 is 0. The number of nitrogens with one attached hydrogen (secondary N) is 1. The van der Waals surface area contributed by atoms with Crippen LogP contribution in [0.2, 0.25) is 0 Å². The number of amides is 1. The molecule has 2 aliphatic rings. The molecule has 1 saturated carbocycles. The van der Waals surface area contributed by atoms with Gasteiger partial charge >= 0.3 is 5.97 Å². The molecule has 6 heteroatoms. The highest BCUT2D eigenvalue weighted by Crippen LogP contribution is 2.48. The minimum Gasteiger partial charge on any atom is -0.489 e. The molecule has 1 aliphatic carbocycles. The fourth-order valence-corrected chi connectivity index (χ4v) is 3.85. The summed E-state index contributed by atoms with van der Waals surface area (Å²) in [5.41, 5.74) is 0.988. The topological polar surface area (TPSA) is 84.9 Å². The third kappa shape index (κ3) is 4.43. The van der Waals surface area contributed by atoms with E-state index in [1.807, 2.05) is 54.6 Å². The van der Waals surface area contributed by atoms with Gasteiger partial charge < -0.3 is 19.9 Å². The summed E-state index contributed by atoms with van der Waals surface area (Å²) in [4.78, 5) is 24.4. The molecule has 0 bridgehead atoms. The van der Waals surface area contributed by atoms with Gasteiger partial charge in [0.1, 0.15) is 17.9 Å². The molecule has 2 atom stereocenters. The molecule has 2 aromatic carbocycles. The van der Waals surface area contributed by atoms with Crippen LogP contribution in [-0.2, 0) is 20.9 Å². The summed E-state index contributed by atoms with van der Waals surface area (Å²) in [5.74, 6) is -0.421. The van der Waals surface area contributed by atoms with E-state index in [0.29, 0.717) is 32.7 Å². The third-order valence-corrected chi connectivity index (χ3v) is 5.80. The molecule has 152 valence electrons. The average molecular weight is 395 g/mol. The van der Waals surface area contributed by atoms with Crippen LogP contribution < -0.4 is 10.1 Å². The highest BCUT2D eigenvalue weighted by Gasteiger charge is 2.49. The molecule has 2 aromatic rings. The first kappa shape index (κ1) is 19.5. The zero-order valence-corrected chi connectivity index (χ0v) is 16.2. The third-order valence-electron chi connectivity index (χ3n) is 5.80. The van der Waals surface area contributed by atoms with Gasteiger partial charge in [0, 0.05) is 32.0 Å². The van der Waals surface area contributed by atoms with Crippen molar-refractivity contribution in [1.82, 2.24) is 5.32 Å². The second kappa shape index (κ2) is 8.25. The fraction of sp³-hybridized carbons (Fsp3) is 0.391. The molecule has 2 fully saturated rings. The van der Waals surface area contributed by atoms with Crippen LogP contribution in [0.15, 0.2) is 54.6 Å². The molecule has 6 nitrogen and oxygen atoms in total. The number of carbonyl (C=O) groups is 2. The Hall–Kier alpha value is -2.86. The van der Waals surface area contributed by atoms with Gasteiger partial charge in [-0.1, -0.05) is 42.5 Å². The molecular formula is C23H25NO5. The van der Waals surface area contributed by atoms with Crippen molar-refractivity contribution in [3.8, 4) is 5.75 Å². The Morgan fingerprint density at radius 3 is 2.41 bits per heavy atom. The number of benzene rings is 2. The lowest BCUT2D eigenvalue weighted by molar-refractivity contribution is -0.152. The second-order valence-corrected chi connectivity index (χ2v) is 7.78. The molecular weight excluding hydrogens is 370 g/mol. The van der Waals surface area contributed by atoms with E-state index in [1.54, 1.807) is 0 Å². The average Bonchev–Trinajstić information content (AvgIpc) is 3.55. The quantitative estimate of drug-likeness (QED) is 0.752. The van der Waals surface area contributed by atoms with Crippen LogP contribution in [0.3, 0.4) is 0 Å². The summed E-state index contributed by atoms with van der Waals surface area (Å²) in [6.45, 7) is 1.21. The predicted octanol–water partition coefficient (Wildman–Crippen LogP) is 3.12. The number of aliphatic carboxylic acids is 1. The molecule has 1 saturated heterocycles. The predicted molar refractivity (Wildman–Crippen MR) is 107 cm³/mol. The van der Waals surface area contributed by atoms with Crippen molar-refractivity contribution < 1.29 is 24.2 Å². The lowest BCUT2D eigenvalue weighted by atomic mass is 9.89. The molecule has 4 rings (SSSR count). The van der Waals surface area contributed by atoms with Crippen LogP contribution in [-0.4, -0.2) is 35.7 Å². The first-order chi connectivity index (χ1) is 14.1. The van der Waals surface area contributed by atoms with Crippen LogP contribution in [0.1, 0.15) is 36.3 Å². The maximum atomic E-state index is 12.7. The van der Waals surface area contributed by atoms with E-state index in [-0.39, 0.29) is 17.7 Å². The lowest BCUT2D eigenvalue weighted by Gasteiger charge is -2.34. The van der Waals surface area contributed by atoms with E-state index in [9.17, 15) is 14.7 Å². The Morgan fingerprint density at radius 2 is 1.76 bits per heavy atom. The molecule has 1 aliphatic heterocycles. The van der Waals surface area contributed by atoms with Gasteiger partial charge in [-0.25, -0.2) is 4.79 Å². The Kier molecular flexibility index (Phi) is 5.53. The van der Waals surface area contributed by atoms with Crippen LogP contribution in [0.25, 0.3) is 0 Å². The van der Waals surface area contributed by atoms with Crippen molar-refractivity contribution in [1.29, 1.82) is 0 Å². The molecule has 2 unspecified atom stereocenters. The van der Waals surface area contributed by atoms with Gasteiger partial charge in [-0.3, -0.25) is 4.79 Å². The van der Waals surface area contributed by atoms with Crippen LogP contribution in [0.5, 0.6) is 5.75 Å². The van der Waals surface area contributed by atoms with Gasteiger partial charge in [-0.2, -0.15) is 0 Å². The Labute approximate surface area is 169 Å². The molecule has 2 N–H and O–H groups in total. The van der Waals surface area contributed by atoms with Crippen LogP contribution in [0, 0.1) is 5.92 Å². The zero-order chi connectivity index (χ0) is 20.3. The lowest BCUT2D eigenvalue weighted by Crippen LogP contribution is -2.57. The second-order valence-electron chi connectivity index (χ2n) is 7.78. The van der Waals surface area contributed by atoms with E-state index in [0.717, 1.165) is 23.3 Å². The van der Waals surface area contributed by atoms with Gasteiger partial charge in [0.2, 0.25) is 5.91 Å². The first-order valence-corrected chi connectivity index (χ1v) is 9.97. The number of rotatable bonds is 7. The standard InChI is InChI=1S/C23H25NO5/c25-21(24-23(22(26)27)10-12-28-13-11-23)20-14-19(20)17-6-8-18(9-7-17)29-15-16-4-2-1-3-5-16/h1-9,19-20H,10-15H2,(H,24,25)(H,26,27). The molecule has 0 spiro atoms. The Balaban J connectivity index is 1.32. The van der Waals surface area contributed by atoms with Gasteiger partial charge in [0.05, 0.1) is 0 Å². The van der Waals surface area contributed by atoms with E-state index in [2.05, 4.69) is 5.32 Å². The summed E-state index contributed by atoms with van der Waals surface area (Å²) in [5, 5.41) is 12.4. The van der Waals surface area contributed by atoms with Crippen molar-refractivity contribution in [3.63, 3.8) is 0 Å². The fourth-order valence-electron chi connectivity index (χ4n) is 3.85. The summed E-state index contributed by atoms with van der Waals surface area (Å²) in [6, 6.07) is 17.8. The maximum absolute atomic E-state index is 12.7. The summed E-state index contributed by atoms with van der Waals surface area (Å²) in [7, 11) is 0. The van der Waals surface area contributed by atoms with E-state index in [1.165, 1.54) is 0 Å². The van der Waals surface area contributed by atoms with Crippen molar-refractivity contribution in [2.24, 2.45) is 5.92 Å². The van der Waals surface area contributed by atoms with Crippen molar-refractivity contribution in [2.75, 3.05) is 13.2 Å². The molecule has 1 heterocycles. The highest BCUT2D eigenvalue weighted by molar-refractivity contribution is 5.90. The number of hydrogen-bond donors (Lipinski definition) is 2. The number of ether oxygens (including phenoxy) is 2. The minimum absolute atomic E-state index is 0.129. The molecule has 0 radical (unpaired) electrons. The Bertz CT molecular complexity index is 859. The number of carboxylic acids is 1.